The summed E-state index contributed by atoms with van der Waals surface area (Å²) >= 11 is 0. The molecule has 0 aliphatic heterocycles. The second-order valence-electron chi connectivity index (χ2n) is 6.05. The number of aryl methyl sites for hydroxylation is 1. The van der Waals surface area contributed by atoms with Crippen LogP contribution in [0.5, 0.6) is 0 Å². The zero-order chi connectivity index (χ0) is 19.3. The molecule has 7 heteroatoms. The van der Waals surface area contributed by atoms with Gasteiger partial charge in [-0.05, 0) is 44.4 Å². The Morgan fingerprint density at radius 2 is 1.96 bits per heavy atom. The van der Waals surface area contributed by atoms with E-state index in [1.165, 1.54) is 5.56 Å². The lowest BCUT2D eigenvalue weighted by atomic mass is 10.1. The van der Waals surface area contributed by atoms with Crippen LogP contribution in [0.4, 0.5) is 0 Å². The highest BCUT2D eigenvalue weighted by atomic mass is 16.5. The van der Waals surface area contributed by atoms with E-state index in [0.29, 0.717) is 5.89 Å². The molecule has 148 valence electrons. The van der Waals surface area contributed by atoms with Gasteiger partial charge >= 0.3 is 0 Å². The van der Waals surface area contributed by atoms with Gasteiger partial charge in [-0.15, -0.1) is 0 Å². The molecule has 0 spiro atoms. The van der Waals surface area contributed by atoms with Gasteiger partial charge in [0.1, 0.15) is 0 Å². The Hall–Kier alpha value is -2.41. The second-order valence-corrected chi connectivity index (χ2v) is 6.05. The lowest BCUT2D eigenvalue weighted by Crippen LogP contribution is -2.38. The molecule has 27 heavy (non-hydrogen) atoms. The first-order chi connectivity index (χ1) is 13.3. The summed E-state index contributed by atoms with van der Waals surface area (Å²) in [4.78, 5) is 8.93. The van der Waals surface area contributed by atoms with Crippen LogP contribution < -0.4 is 10.6 Å². The van der Waals surface area contributed by atoms with Gasteiger partial charge in [0, 0.05) is 44.8 Å². The van der Waals surface area contributed by atoms with E-state index in [1.54, 1.807) is 0 Å². The molecular weight excluding hydrogens is 342 g/mol. The number of aromatic nitrogens is 2. The maximum atomic E-state index is 5.34. The van der Waals surface area contributed by atoms with Gasteiger partial charge in [0.25, 0.3) is 5.89 Å². The highest BCUT2D eigenvalue weighted by Crippen LogP contribution is 2.18. The summed E-state index contributed by atoms with van der Waals surface area (Å²) in [5.74, 6) is 2.16. The minimum absolute atomic E-state index is 0.574. The van der Waals surface area contributed by atoms with Crippen molar-refractivity contribution in [3.63, 3.8) is 0 Å². The maximum Gasteiger partial charge on any atom is 0.257 e. The number of hydrogen-bond donors (Lipinski definition) is 2. The highest BCUT2D eigenvalue weighted by Gasteiger charge is 2.07. The standard InChI is InChI=1S/C20H31N5O2/c1-4-18-24-19(27-25-18)17-10-8-16(9-11-17)12-14-23-20(21-5-2)22-13-7-15-26-6-3/h8-11H,4-7,12-15H2,1-3H3,(H2,21,22,23). The monoisotopic (exact) mass is 373 g/mol. The molecule has 0 fully saturated rings. The molecule has 2 rings (SSSR count). The number of aliphatic imine (C=N–C) groups is 1. The highest BCUT2D eigenvalue weighted by molar-refractivity contribution is 5.79. The van der Waals surface area contributed by atoms with E-state index in [2.05, 4.69) is 44.8 Å². The third-order valence-corrected chi connectivity index (χ3v) is 3.96. The quantitative estimate of drug-likeness (QED) is 0.358. The van der Waals surface area contributed by atoms with Crippen molar-refractivity contribution in [2.45, 2.75) is 40.0 Å². The molecule has 0 unspecified atom stereocenters. The van der Waals surface area contributed by atoms with Gasteiger partial charge in [0.15, 0.2) is 11.8 Å². The minimum Gasteiger partial charge on any atom is -0.382 e. The molecule has 0 atom stereocenters. The van der Waals surface area contributed by atoms with Gasteiger partial charge in [0.2, 0.25) is 0 Å². The Balaban J connectivity index is 1.79. The van der Waals surface area contributed by atoms with Crippen molar-refractivity contribution in [2.75, 3.05) is 32.8 Å². The molecule has 0 aliphatic rings. The topological polar surface area (TPSA) is 84.6 Å². The average Bonchev–Trinajstić information content (AvgIpc) is 3.17. The molecule has 2 aromatic rings. The van der Waals surface area contributed by atoms with Gasteiger partial charge in [-0.2, -0.15) is 4.98 Å². The van der Waals surface area contributed by atoms with Crippen LogP contribution in [0.15, 0.2) is 33.8 Å². The second kappa shape index (κ2) is 12.1. The van der Waals surface area contributed by atoms with E-state index >= 15 is 0 Å². The SMILES string of the molecule is CCNC(=NCCCOCC)NCCc1ccc(-c2nc(CC)no2)cc1. The van der Waals surface area contributed by atoms with E-state index in [-0.39, 0.29) is 0 Å². The average molecular weight is 374 g/mol. The van der Waals surface area contributed by atoms with Crippen LogP contribution in [-0.4, -0.2) is 48.9 Å². The molecule has 2 N–H and O–H groups in total. The Morgan fingerprint density at radius 1 is 1.15 bits per heavy atom. The van der Waals surface area contributed by atoms with E-state index in [4.69, 9.17) is 9.26 Å². The molecule has 0 radical (unpaired) electrons. The van der Waals surface area contributed by atoms with Gasteiger partial charge < -0.3 is 19.9 Å². The van der Waals surface area contributed by atoms with Gasteiger partial charge in [0.05, 0.1) is 0 Å². The van der Waals surface area contributed by atoms with Crippen LogP contribution in [0.2, 0.25) is 0 Å². The summed E-state index contributed by atoms with van der Waals surface area (Å²) < 4.78 is 10.6. The minimum atomic E-state index is 0.574. The van der Waals surface area contributed by atoms with Crippen LogP contribution in [0, 0.1) is 0 Å². The number of nitrogens with one attached hydrogen (secondary N) is 2. The first kappa shape index (κ1) is 20.9. The van der Waals surface area contributed by atoms with E-state index in [0.717, 1.165) is 69.5 Å². The lowest BCUT2D eigenvalue weighted by Gasteiger charge is -2.11. The van der Waals surface area contributed by atoms with E-state index in [9.17, 15) is 0 Å². The zero-order valence-electron chi connectivity index (χ0n) is 16.6. The molecule has 1 heterocycles. The molecular formula is C20H31N5O2. The van der Waals surface area contributed by atoms with Crippen molar-refractivity contribution < 1.29 is 9.26 Å². The van der Waals surface area contributed by atoms with Gasteiger partial charge in [-0.1, -0.05) is 24.2 Å². The Kier molecular flexibility index (Phi) is 9.34. The van der Waals surface area contributed by atoms with Crippen LogP contribution in [0.1, 0.15) is 38.6 Å². The molecule has 7 nitrogen and oxygen atoms in total. The molecule has 0 bridgehead atoms. The van der Waals surface area contributed by atoms with Crippen molar-refractivity contribution in [1.82, 2.24) is 20.8 Å². The summed E-state index contributed by atoms with van der Waals surface area (Å²) in [6.07, 6.45) is 2.61. The number of guanidine groups is 1. The van der Waals surface area contributed by atoms with Crippen molar-refractivity contribution in [3.8, 4) is 11.5 Å². The van der Waals surface area contributed by atoms with Crippen LogP contribution in [-0.2, 0) is 17.6 Å². The molecule has 0 aliphatic carbocycles. The fourth-order valence-corrected chi connectivity index (χ4v) is 2.50. The summed E-state index contributed by atoms with van der Waals surface area (Å²) in [7, 11) is 0. The van der Waals surface area contributed by atoms with E-state index in [1.807, 2.05) is 26.0 Å². The summed E-state index contributed by atoms with van der Waals surface area (Å²) in [6, 6.07) is 8.24. The number of ether oxygens (including phenoxy) is 1. The maximum absolute atomic E-state index is 5.34. The smallest absolute Gasteiger partial charge is 0.257 e. The third kappa shape index (κ3) is 7.38. The summed E-state index contributed by atoms with van der Waals surface area (Å²) in [5.41, 5.74) is 2.19. The van der Waals surface area contributed by atoms with Crippen LogP contribution >= 0.6 is 0 Å². The first-order valence-corrected chi connectivity index (χ1v) is 9.78. The van der Waals surface area contributed by atoms with Crippen molar-refractivity contribution >= 4 is 5.96 Å². The van der Waals surface area contributed by atoms with Crippen LogP contribution in [0.3, 0.4) is 0 Å². The number of benzene rings is 1. The fourth-order valence-electron chi connectivity index (χ4n) is 2.50. The predicted octanol–water partition coefficient (Wildman–Crippen LogP) is 2.82. The molecule has 1 aromatic carbocycles. The lowest BCUT2D eigenvalue weighted by molar-refractivity contribution is 0.146. The molecule has 1 aromatic heterocycles. The predicted molar refractivity (Wildman–Crippen MR) is 108 cm³/mol. The number of hydrogen-bond acceptors (Lipinski definition) is 5. The Bertz CT molecular complexity index is 682. The van der Waals surface area contributed by atoms with Crippen molar-refractivity contribution in [1.29, 1.82) is 0 Å². The van der Waals surface area contributed by atoms with Gasteiger partial charge in [-0.25, -0.2) is 0 Å². The Morgan fingerprint density at radius 3 is 2.63 bits per heavy atom. The third-order valence-electron chi connectivity index (χ3n) is 3.96. The van der Waals surface area contributed by atoms with Crippen molar-refractivity contribution in [3.05, 3.63) is 35.7 Å². The zero-order valence-corrected chi connectivity index (χ0v) is 16.6. The summed E-state index contributed by atoms with van der Waals surface area (Å²) in [6.45, 7) is 10.0. The first-order valence-electron chi connectivity index (χ1n) is 9.78. The molecule has 0 saturated heterocycles. The van der Waals surface area contributed by atoms with Gasteiger partial charge in [-0.3, -0.25) is 4.99 Å². The number of nitrogens with zero attached hydrogens (tertiary/aromatic N) is 3. The molecule has 0 saturated carbocycles. The Labute approximate surface area is 161 Å². The normalized spacial score (nSPS) is 11.6. The fraction of sp³-hybridized carbons (Fsp3) is 0.550. The number of rotatable bonds is 11. The van der Waals surface area contributed by atoms with Crippen molar-refractivity contribution in [2.24, 2.45) is 4.99 Å². The largest absolute Gasteiger partial charge is 0.382 e. The van der Waals surface area contributed by atoms with Crippen LogP contribution in [0.25, 0.3) is 11.5 Å². The summed E-state index contributed by atoms with van der Waals surface area (Å²) in [5, 5.41) is 10.6. The van der Waals surface area contributed by atoms with E-state index < -0.39 is 0 Å². The molecule has 0 amide bonds.